The summed E-state index contributed by atoms with van der Waals surface area (Å²) in [5, 5.41) is 19.1. The second kappa shape index (κ2) is 3.18. The van der Waals surface area contributed by atoms with Gasteiger partial charge < -0.3 is 5.11 Å². The Balaban J connectivity index is 3.90. The first kappa shape index (κ1) is 8.92. The van der Waals surface area contributed by atoms with Crippen LogP contribution >= 0.6 is 0 Å². The minimum absolute atomic E-state index is 0.0549. The minimum Gasteiger partial charge on any atom is -0.480 e. The Labute approximate surface area is 59.5 Å². The number of aliphatic carboxylic acids is 1. The van der Waals surface area contributed by atoms with Gasteiger partial charge in [0, 0.05) is 0 Å². The van der Waals surface area contributed by atoms with Gasteiger partial charge in [-0.05, 0) is 13.8 Å². The van der Waals surface area contributed by atoms with Gasteiger partial charge in [0.2, 0.25) is 0 Å². The summed E-state index contributed by atoms with van der Waals surface area (Å²) in [5.41, 5.74) is -1.00. The molecule has 0 saturated heterocycles. The maximum Gasteiger partial charge on any atom is 0.323 e. The summed E-state index contributed by atoms with van der Waals surface area (Å²) in [5.74, 6) is -0.956. The van der Waals surface area contributed by atoms with Crippen LogP contribution in [-0.4, -0.2) is 23.2 Å². The predicted molar refractivity (Wildman–Crippen MR) is 35.3 cm³/mol. The Morgan fingerprint density at radius 3 is 2.60 bits per heavy atom. The fourth-order valence-corrected chi connectivity index (χ4v) is 0.336. The molecule has 0 heterocycles. The molecule has 0 amide bonds. The third-order valence-electron chi connectivity index (χ3n) is 1.14. The van der Waals surface area contributed by atoms with Crippen molar-refractivity contribution in [3.8, 4) is 6.07 Å². The Kier molecular flexibility index (Phi) is 2.84. The molecule has 0 aliphatic carbocycles. The molecule has 0 bridgehead atoms. The minimum atomic E-state index is -1.00. The molecule has 0 spiro atoms. The highest BCUT2D eigenvalue weighted by molar-refractivity contribution is 5.77. The number of carboxylic acids is 1. The van der Waals surface area contributed by atoms with Crippen LogP contribution in [0, 0.1) is 11.3 Å². The van der Waals surface area contributed by atoms with E-state index < -0.39 is 11.5 Å². The van der Waals surface area contributed by atoms with E-state index >= 15 is 0 Å². The van der Waals surface area contributed by atoms with Crippen LogP contribution < -0.4 is 5.32 Å². The number of hydrogen-bond donors (Lipinski definition) is 2. The van der Waals surface area contributed by atoms with Crippen LogP contribution in [0.4, 0.5) is 0 Å². The molecule has 0 aliphatic rings. The van der Waals surface area contributed by atoms with E-state index in [1.54, 1.807) is 6.07 Å². The maximum atomic E-state index is 10.4. The molecule has 0 aromatic heterocycles. The van der Waals surface area contributed by atoms with Crippen molar-refractivity contribution in [3.05, 3.63) is 0 Å². The lowest BCUT2D eigenvalue weighted by molar-refractivity contribution is -0.143. The van der Waals surface area contributed by atoms with E-state index in [9.17, 15) is 4.79 Å². The lowest BCUT2D eigenvalue weighted by Crippen LogP contribution is -2.46. The first-order valence-corrected chi connectivity index (χ1v) is 2.86. The molecule has 0 saturated carbocycles. The number of nitriles is 1. The average Bonchev–Trinajstić information content (AvgIpc) is 1.84. The zero-order valence-electron chi connectivity index (χ0n) is 6.01. The monoisotopic (exact) mass is 142 g/mol. The van der Waals surface area contributed by atoms with Crippen LogP contribution in [0.25, 0.3) is 0 Å². The molecule has 0 unspecified atom stereocenters. The number of carboxylic acid groups (broad SMARTS) is 1. The second-order valence-electron chi connectivity index (χ2n) is 2.44. The number of rotatable bonds is 3. The summed E-state index contributed by atoms with van der Waals surface area (Å²) in [4.78, 5) is 10.4. The van der Waals surface area contributed by atoms with Crippen LogP contribution in [-0.2, 0) is 4.79 Å². The zero-order valence-corrected chi connectivity index (χ0v) is 6.01. The molecule has 0 radical (unpaired) electrons. The molecule has 0 aromatic rings. The van der Waals surface area contributed by atoms with Crippen molar-refractivity contribution in [2.75, 3.05) is 6.54 Å². The largest absolute Gasteiger partial charge is 0.480 e. The van der Waals surface area contributed by atoms with Gasteiger partial charge in [0.25, 0.3) is 0 Å². The van der Waals surface area contributed by atoms with Crippen molar-refractivity contribution in [2.24, 2.45) is 0 Å². The molecule has 10 heavy (non-hydrogen) atoms. The van der Waals surface area contributed by atoms with Crippen LogP contribution in [0.1, 0.15) is 13.8 Å². The number of nitrogens with one attached hydrogen (secondary N) is 1. The molecule has 0 fully saturated rings. The summed E-state index contributed by atoms with van der Waals surface area (Å²) in [6, 6.07) is 1.80. The third-order valence-corrected chi connectivity index (χ3v) is 1.14. The van der Waals surface area contributed by atoms with Crippen LogP contribution in [0.3, 0.4) is 0 Å². The van der Waals surface area contributed by atoms with E-state index in [1.165, 1.54) is 13.8 Å². The van der Waals surface area contributed by atoms with Crippen molar-refractivity contribution in [3.63, 3.8) is 0 Å². The van der Waals surface area contributed by atoms with Gasteiger partial charge in [-0.25, -0.2) is 0 Å². The Morgan fingerprint density at radius 1 is 1.80 bits per heavy atom. The third kappa shape index (κ3) is 2.46. The number of nitrogens with zero attached hydrogens (tertiary/aromatic N) is 1. The molecule has 4 nitrogen and oxygen atoms in total. The summed E-state index contributed by atoms with van der Waals surface area (Å²) >= 11 is 0. The summed E-state index contributed by atoms with van der Waals surface area (Å²) in [7, 11) is 0. The predicted octanol–water partition coefficient (Wildman–Crippen LogP) is -0.0372. The lowest BCUT2D eigenvalue weighted by Gasteiger charge is -2.18. The zero-order chi connectivity index (χ0) is 8.20. The maximum absolute atomic E-state index is 10.4. The van der Waals surface area contributed by atoms with Crippen LogP contribution in [0.15, 0.2) is 0 Å². The molecule has 0 rings (SSSR count). The number of hydrogen-bond acceptors (Lipinski definition) is 3. The molecule has 0 atom stereocenters. The Morgan fingerprint density at radius 2 is 2.30 bits per heavy atom. The van der Waals surface area contributed by atoms with Crippen molar-refractivity contribution in [1.29, 1.82) is 5.26 Å². The van der Waals surface area contributed by atoms with Gasteiger partial charge in [0.05, 0.1) is 12.6 Å². The first-order chi connectivity index (χ1) is 4.50. The van der Waals surface area contributed by atoms with Gasteiger partial charge >= 0.3 is 5.97 Å². The summed E-state index contributed by atoms with van der Waals surface area (Å²) in [6.07, 6.45) is 0. The van der Waals surface area contributed by atoms with Crippen LogP contribution in [0.2, 0.25) is 0 Å². The van der Waals surface area contributed by atoms with Gasteiger partial charge in [0.1, 0.15) is 5.54 Å². The highest BCUT2D eigenvalue weighted by atomic mass is 16.4. The smallest absolute Gasteiger partial charge is 0.323 e. The number of carbonyl (C=O) groups is 1. The fraction of sp³-hybridized carbons (Fsp3) is 0.667. The molecular weight excluding hydrogens is 132 g/mol. The normalized spacial score (nSPS) is 10.5. The fourth-order valence-electron chi connectivity index (χ4n) is 0.336. The second-order valence-corrected chi connectivity index (χ2v) is 2.44. The Bertz CT molecular complexity index is 169. The quantitative estimate of drug-likeness (QED) is 0.542. The van der Waals surface area contributed by atoms with Crippen molar-refractivity contribution < 1.29 is 9.90 Å². The van der Waals surface area contributed by atoms with E-state index in [-0.39, 0.29) is 6.54 Å². The van der Waals surface area contributed by atoms with Gasteiger partial charge in [-0.2, -0.15) is 5.26 Å². The average molecular weight is 142 g/mol. The molecule has 0 aliphatic heterocycles. The lowest BCUT2D eigenvalue weighted by atomic mass is 10.1. The molecule has 4 heteroatoms. The van der Waals surface area contributed by atoms with E-state index in [2.05, 4.69) is 5.32 Å². The van der Waals surface area contributed by atoms with Gasteiger partial charge in [0.15, 0.2) is 0 Å². The molecule has 56 valence electrons. The van der Waals surface area contributed by atoms with Gasteiger partial charge in [-0.1, -0.05) is 0 Å². The first-order valence-electron chi connectivity index (χ1n) is 2.86. The highest BCUT2D eigenvalue weighted by Crippen LogP contribution is 1.99. The van der Waals surface area contributed by atoms with Gasteiger partial charge in [-0.3, -0.25) is 10.1 Å². The topological polar surface area (TPSA) is 73.1 Å². The SMILES string of the molecule is CC(C)(NCC#N)C(=O)O. The van der Waals surface area contributed by atoms with Crippen molar-refractivity contribution in [1.82, 2.24) is 5.32 Å². The van der Waals surface area contributed by atoms with Crippen LogP contribution in [0.5, 0.6) is 0 Å². The molecular formula is C6H10N2O2. The van der Waals surface area contributed by atoms with Gasteiger partial charge in [-0.15, -0.1) is 0 Å². The van der Waals surface area contributed by atoms with Crippen molar-refractivity contribution in [2.45, 2.75) is 19.4 Å². The standard InChI is InChI=1S/C6H10N2O2/c1-6(2,5(9)10)8-4-3-7/h8H,4H2,1-2H3,(H,9,10). The summed E-state index contributed by atoms with van der Waals surface area (Å²) < 4.78 is 0. The molecule has 0 aromatic carbocycles. The van der Waals surface area contributed by atoms with E-state index in [4.69, 9.17) is 10.4 Å². The molecule has 2 N–H and O–H groups in total. The van der Waals surface area contributed by atoms with E-state index in [0.29, 0.717) is 0 Å². The van der Waals surface area contributed by atoms with E-state index in [1.807, 2.05) is 0 Å². The van der Waals surface area contributed by atoms with E-state index in [0.717, 1.165) is 0 Å². The highest BCUT2D eigenvalue weighted by Gasteiger charge is 2.25. The van der Waals surface area contributed by atoms with Crippen molar-refractivity contribution >= 4 is 5.97 Å². The Hall–Kier alpha value is -1.08. The summed E-state index contributed by atoms with van der Waals surface area (Å²) in [6.45, 7) is 3.07.